The van der Waals surface area contributed by atoms with Crippen molar-refractivity contribution in [2.75, 3.05) is 0 Å². The molecule has 1 N–H and O–H groups in total. The van der Waals surface area contributed by atoms with Gasteiger partial charge in [-0.3, -0.25) is 4.55 Å². The van der Waals surface area contributed by atoms with Crippen molar-refractivity contribution in [1.82, 2.24) is 0 Å². The molecule has 1 atom stereocenters. The second-order valence-corrected chi connectivity index (χ2v) is 10.8. The number of unbranched alkanes of at least 4 members (excludes halogenated alkanes) is 14. The summed E-state index contributed by atoms with van der Waals surface area (Å²) in [5.74, 6) is -3.86. The van der Waals surface area contributed by atoms with Crippen molar-refractivity contribution in [3.05, 3.63) is 25.3 Å². The van der Waals surface area contributed by atoms with Gasteiger partial charge >= 0.3 is 59.1 Å². The molecule has 0 heterocycles. The Bertz CT molecular complexity index is 685. The van der Waals surface area contributed by atoms with Crippen LogP contribution in [0.25, 0.3) is 0 Å². The minimum absolute atomic E-state index is 0. The first-order valence-corrected chi connectivity index (χ1v) is 14.2. The summed E-state index contributed by atoms with van der Waals surface area (Å²) in [6.07, 6.45) is 17.3. The van der Waals surface area contributed by atoms with Crippen molar-refractivity contribution in [1.29, 1.82) is 0 Å². The zero-order valence-electron chi connectivity index (χ0n) is 22.7. The molecule has 1 unspecified atom stereocenters. The predicted molar refractivity (Wildman–Crippen MR) is 131 cm³/mol. The van der Waals surface area contributed by atoms with Crippen molar-refractivity contribution in [2.24, 2.45) is 5.41 Å². The molecule has 0 aromatic carbocycles. The van der Waals surface area contributed by atoms with Gasteiger partial charge in [-0.25, -0.2) is 0 Å². The van der Waals surface area contributed by atoms with Gasteiger partial charge in [-0.15, -0.1) is 13.2 Å². The van der Waals surface area contributed by atoms with Gasteiger partial charge in [0.25, 0.3) is 10.1 Å². The molecule has 0 spiro atoms. The topological polar surface area (TPSA) is 135 Å². The van der Waals surface area contributed by atoms with Gasteiger partial charge in [0.2, 0.25) is 0 Å². The van der Waals surface area contributed by atoms with E-state index in [1.54, 1.807) is 0 Å². The fourth-order valence-corrected chi connectivity index (χ4v) is 5.70. The van der Waals surface area contributed by atoms with Crippen molar-refractivity contribution in [3.8, 4) is 0 Å². The van der Waals surface area contributed by atoms with Gasteiger partial charge in [0, 0.05) is 11.4 Å². The molecule has 10 heteroatoms. The molecule has 0 aromatic rings. The van der Waals surface area contributed by atoms with Gasteiger partial charge in [-0.1, -0.05) is 89.2 Å². The summed E-state index contributed by atoms with van der Waals surface area (Å²) < 4.78 is 33.3. The largest absolute Gasteiger partial charge is 1.00 e. The van der Waals surface area contributed by atoms with Crippen LogP contribution >= 0.6 is 0 Å². The van der Waals surface area contributed by atoms with Crippen LogP contribution < -0.4 is 69.3 Å². The van der Waals surface area contributed by atoms with Crippen LogP contribution in [0.15, 0.2) is 25.3 Å². The maximum Gasteiger partial charge on any atom is 1.00 e. The Morgan fingerprint density at radius 3 is 1.25 bits per heavy atom. The Morgan fingerprint density at radius 2 is 1.00 bits per heavy atom. The maximum atomic E-state index is 12.2. The normalized spacial score (nSPS) is 12.1. The second-order valence-electron chi connectivity index (χ2n) is 9.26. The summed E-state index contributed by atoms with van der Waals surface area (Å²) in [6.45, 7) is 7.37. The Labute approximate surface area is 263 Å². The number of allylic oxidation sites excluding steroid dienone is 2. The number of rotatable bonds is 24. The van der Waals surface area contributed by atoms with E-state index >= 15 is 0 Å². The quantitative estimate of drug-likeness (QED) is 0.0649. The van der Waals surface area contributed by atoms with E-state index in [4.69, 9.17) is 0 Å². The molecule has 0 bridgehead atoms. The molecule has 7 nitrogen and oxygen atoms in total. The van der Waals surface area contributed by atoms with E-state index < -0.39 is 32.7 Å². The fourth-order valence-electron chi connectivity index (χ4n) is 4.56. The van der Waals surface area contributed by atoms with E-state index in [0.29, 0.717) is 25.7 Å². The van der Waals surface area contributed by atoms with E-state index in [9.17, 15) is 32.8 Å². The third-order valence-electron chi connectivity index (χ3n) is 6.48. The van der Waals surface area contributed by atoms with Gasteiger partial charge < -0.3 is 19.8 Å². The summed E-state index contributed by atoms with van der Waals surface area (Å²) in [5, 5.41) is 21.3. The Hall–Kier alpha value is 0.330. The minimum Gasteiger partial charge on any atom is -0.549 e. The number of aliphatic carboxylic acids is 2. The van der Waals surface area contributed by atoms with Gasteiger partial charge in [0.05, 0.1) is 5.97 Å². The first-order chi connectivity index (χ1) is 16.1. The van der Waals surface area contributed by atoms with Crippen molar-refractivity contribution in [2.45, 2.75) is 121 Å². The predicted octanol–water partition coefficient (Wildman–Crippen LogP) is -1.87. The second kappa shape index (κ2) is 24.4. The van der Waals surface area contributed by atoms with Gasteiger partial charge in [0.1, 0.15) is 5.25 Å². The molecule has 0 rings (SSSR count). The molecule has 0 aromatic heterocycles. The Morgan fingerprint density at radius 1 is 0.694 bits per heavy atom. The third-order valence-corrected chi connectivity index (χ3v) is 7.72. The van der Waals surface area contributed by atoms with Crippen LogP contribution in [0.3, 0.4) is 0 Å². The SMILES string of the molecule is C=CCCCCCCCCCC(CCCCCCCCCC=C)(C(=O)[O-])C(C(=O)[O-])S(=O)(=O)O.[Na+].[Na+]. The number of carbonyl (C=O) groups is 2. The van der Waals surface area contributed by atoms with Crippen LogP contribution in [0.5, 0.6) is 0 Å². The van der Waals surface area contributed by atoms with Crippen LogP contribution in [0, 0.1) is 5.41 Å². The standard InChI is InChI=1S/C26H46O7S.2Na/c1-3-5-7-9-11-13-15-17-19-21-26(25(29)30,23(24(27)28)34(31,32)33)22-20-18-16-14-12-10-8-6-4-2;;/h3-4,23H,1-2,5-22H2,(H,27,28)(H,29,30)(H,31,32,33);;/q;2*+1/p-2. The summed E-state index contributed by atoms with van der Waals surface area (Å²) in [7, 11) is -5.19. The third kappa shape index (κ3) is 17.8. The number of hydrogen-bond donors (Lipinski definition) is 1. The Kier molecular flexibility index (Phi) is 27.6. The molecule has 0 radical (unpaired) electrons. The molecular formula is C26H44Na2O7S. The monoisotopic (exact) mass is 546 g/mol. The van der Waals surface area contributed by atoms with E-state index in [1.165, 1.54) is 0 Å². The summed E-state index contributed by atoms with van der Waals surface area (Å²) in [6, 6.07) is 0. The van der Waals surface area contributed by atoms with Gasteiger partial charge in [0.15, 0.2) is 0 Å². The average Bonchev–Trinajstić information content (AvgIpc) is 2.75. The molecule has 0 saturated carbocycles. The molecule has 198 valence electrons. The molecular weight excluding hydrogens is 502 g/mol. The van der Waals surface area contributed by atoms with Crippen LogP contribution in [0.4, 0.5) is 0 Å². The number of hydrogen-bond acceptors (Lipinski definition) is 6. The van der Waals surface area contributed by atoms with Crippen molar-refractivity contribution < 1.29 is 91.9 Å². The maximum absolute atomic E-state index is 12.2. The molecule has 0 aliphatic heterocycles. The van der Waals surface area contributed by atoms with Crippen molar-refractivity contribution in [3.63, 3.8) is 0 Å². The van der Waals surface area contributed by atoms with Gasteiger partial charge in [-0.05, 0) is 38.5 Å². The molecule has 0 aliphatic carbocycles. The zero-order chi connectivity index (χ0) is 25.9. The molecule has 0 saturated heterocycles. The van der Waals surface area contributed by atoms with Crippen molar-refractivity contribution >= 4 is 22.1 Å². The summed E-state index contributed by atoms with van der Waals surface area (Å²) in [5.41, 5.74) is -2.21. The van der Waals surface area contributed by atoms with Crippen LogP contribution in [-0.4, -0.2) is 30.2 Å². The van der Waals surface area contributed by atoms with Gasteiger partial charge in [-0.2, -0.15) is 8.42 Å². The number of carboxylic acid groups (broad SMARTS) is 2. The fraction of sp³-hybridized carbons (Fsp3) is 0.769. The van der Waals surface area contributed by atoms with E-state index in [1.807, 2.05) is 12.2 Å². The van der Waals surface area contributed by atoms with E-state index in [-0.39, 0.29) is 72.0 Å². The van der Waals surface area contributed by atoms with Crippen LogP contribution in [0.1, 0.15) is 116 Å². The summed E-state index contributed by atoms with van der Waals surface area (Å²) in [4.78, 5) is 23.8. The zero-order valence-corrected chi connectivity index (χ0v) is 27.5. The van der Waals surface area contributed by atoms with Crippen LogP contribution in [0.2, 0.25) is 0 Å². The average molecular weight is 547 g/mol. The molecule has 36 heavy (non-hydrogen) atoms. The van der Waals surface area contributed by atoms with E-state index in [0.717, 1.165) is 77.0 Å². The minimum atomic E-state index is -5.19. The smallest absolute Gasteiger partial charge is 0.549 e. The first kappa shape index (κ1) is 40.8. The molecule has 0 fully saturated rings. The molecule has 0 amide bonds. The van der Waals surface area contributed by atoms with E-state index in [2.05, 4.69) is 13.2 Å². The number of carbonyl (C=O) groups excluding carboxylic acids is 2. The van der Waals surface area contributed by atoms with Crippen LogP contribution in [-0.2, 0) is 19.7 Å². The molecule has 0 aliphatic rings. The number of carboxylic acids is 2. The Balaban J connectivity index is -0.00000544. The summed E-state index contributed by atoms with van der Waals surface area (Å²) >= 11 is 0. The first-order valence-electron chi connectivity index (χ1n) is 12.7.